The van der Waals surface area contributed by atoms with Crippen LogP contribution in [0.1, 0.15) is 44.1 Å². The Kier molecular flexibility index (Phi) is 5.34. The summed E-state index contributed by atoms with van der Waals surface area (Å²) in [5.74, 6) is 0.621. The first-order chi connectivity index (χ1) is 10.4. The second-order valence-corrected chi connectivity index (χ2v) is 6.50. The molecule has 1 N–H and O–H groups in total. The molecule has 122 valence electrons. The first-order valence-corrected chi connectivity index (χ1v) is 7.84. The van der Waals surface area contributed by atoms with Crippen molar-refractivity contribution in [3.05, 3.63) is 18.0 Å². The van der Waals surface area contributed by atoms with Gasteiger partial charge >= 0.3 is 0 Å². The third-order valence-electron chi connectivity index (χ3n) is 4.20. The molecule has 0 bridgehead atoms. The van der Waals surface area contributed by atoms with E-state index < -0.39 is 5.60 Å². The van der Waals surface area contributed by atoms with Crippen LogP contribution >= 0.6 is 0 Å². The van der Waals surface area contributed by atoms with Crippen molar-refractivity contribution in [1.82, 2.24) is 14.9 Å². The second-order valence-electron chi connectivity index (χ2n) is 6.50. The number of nitrogens with zero attached hydrogens (tertiary/aromatic N) is 4. The molecule has 2 rings (SSSR count). The quantitative estimate of drug-likeness (QED) is 0.894. The van der Waals surface area contributed by atoms with Crippen molar-refractivity contribution in [1.29, 1.82) is 0 Å². The van der Waals surface area contributed by atoms with Crippen LogP contribution in [0.3, 0.4) is 0 Å². The lowest BCUT2D eigenvalue weighted by Gasteiger charge is -2.32. The Bertz CT molecular complexity index is 495. The number of carbonyl (C=O) groups excluding carboxylic acids is 1. The van der Waals surface area contributed by atoms with E-state index in [1.807, 2.05) is 19.0 Å². The van der Waals surface area contributed by atoms with Gasteiger partial charge in [-0.25, -0.2) is 9.97 Å². The molecule has 1 fully saturated rings. The van der Waals surface area contributed by atoms with Crippen LogP contribution in [-0.4, -0.2) is 52.6 Å². The predicted octanol–water partition coefficient (Wildman–Crippen LogP) is 1.59. The Hall–Kier alpha value is -1.69. The van der Waals surface area contributed by atoms with Crippen molar-refractivity contribution >= 4 is 11.9 Å². The van der Waals surface area contributed by atoms with Gasteiger partial charge < -0.3 is 14.9 Å². The molecule has 0 aromatic carbocycles. The smallest absolute Gasteiger partial charge is 0.225 e. The van der Waals surface area contributed by atoms with Crippen molar-refractivity contribution in [2.24, 2.45) is 0 Å². The number of aliphatic hydroxyl groups is 1. The molecule has 1 saturated carbocycles. The van der Waals surface area contributed by atoms with Crippen LogP contribution in [-0.2, 0) is 11.3 Å². The molecule has 6 nitrogen and oxygen atoms in total. The third kappa shape index (κ3) is 4.40. The summed E-state index contributed by atoms with van der Waals surface area (Å²) in [6.07, 6.45) is 8.31. The van der Waals surface area contributed by atoms with Gasteiger partial charge in [0.15, 0.2) is 0 Å². The summed E-state index contributed by atoms with van der Waals surface area (Å²) < 4.78 is 0. The molecule has 0 radical (unpaired) electrons. The van der Waals surface area contributed by atoms with E-state index in [0.717, 1.165) is 37.7 Å². The highest BCUT2D eigenvalue weighted by Crippen LogP contribution is 2.31. The third-order valence-corrected chi connectivity index (χ3v) is 4.20. The van der Waals surface area contributed by atoms with E-state index in [2.05, 4.69) is 9.97 Å². The van der Waals surface area contributed by atoms with Crippen molar-refractivity contribution < 1.29 is 9.90 Å². The lowest BCUT2D eigenvalue weighted by molar-refractivity contribution is -0.137. The van der Waals surface area contributed by atoms with Crippen LogP contribution in [0, 0.1) is 0 Å². The molecule has 1 heterocycles. The molecule has 1 amide bonds. The summed E-state index contributed by atoms with van der Waals surface area (Å²) >= 11 is 0. The molecule has 0 atom stereocenters. The van der Waals surface area contributed by atoms with Gasteiger partial charge in [-0.2, -0.15) is 0 Å². The standard InChI is InChI=1S/C16H26N4O2/c1-19(2)15-17-10-13(11-18-15)12-20(3)14(21)9-16(22)7-5-4-6-8-16/h10-11,22H,4-9,12H2,1-3H3. The molecule has 6 heteroatoms. The zero-order valence-corrected chi connectivity index (χ0v) is 13.7. The maximum Gasteiger partial charge on any atom is 0.225 e. The van der Waals surface area contributed by atoms with Crippen LogP contribution < -0.4 is 4.90 Å². The highest BCUT2D eigenvalue weighted by Gasteiger charge is 2.32. The lowest BCUT2D eigenvalue weighted by Crippen LogP contribution is -2.39. The minimum absolute atomic E-state index is 0.0268. The fourth-order valence-corrected chi connectivity index (χ4v) is 2.83. The van der Waals surface area contributed by atoms with Crippen LogP contribution in [0.2, 0.25) is 0 Å². The Balaban J connectivity index is 1.90. The highest BCUT2D eigenvalue weighted by molar-refractivity contribution is 5.77. The first kappa shape index (κ1) is 16.7. The van der Waals surface area contributed by atoms with Crippen molar-refractivity contribution in [3.8, 4) is 0 Å². The summed E-state index contributed by atoms with van der Waals surface area (Å²) in [6.45, 7) is 0.461. The van der Waals surface area contributed by atoms with E-state index >= 15 is 0 Å². The van der Waals surface area contributed by atoms with E-state index in [1.165, 1.54) is 0 Å². The summed E-state index contributed by atoms with van der Waals surface area (Å²) in [5.41, 5.74) is 0.0755. The van der Waals surface area contributed by atoms with E-state index in [-0.39, 0.29) is 12.3 Å². The molecule has 1 aliphatic rings. The molecule has 1 aliphatic carbocycles. The fraction of sp³-hybridized carbons (Fsp3) is 0.688. The molecular formula is C16H26N4O2. The van der Waals surface area contributed by atoms with E-state index in [1.54, 1.807) is 24.3 Å². The zero-order chi connectivity index (χ0) is 16.2. The largest absolute Gasteiger partial charge is 0.389 e. The van der Waals surface area contributed by atoms with Gasteiger partial charge in [-0.15, -0.1) is 0 Å². The van der Waals surface area contributed by atoms with Gasteiger partial charge in [-0.05, 0) is 12.8 Å². The summed E-state index contributed by atoms with van der Waals surface area (Å²) in [5, 5.41) is 10.5. The Labute approximate surface area is 132 Å². The lowest BCUT2D eigenvalue weighted by atomic mass is 9.82. The van der Waals surface area contributed by atoms with Crippen LogP contribution in [0.4, 0.5) is 5.95 Å². The molecular weight excluding hydrogens is 280 g/mol. The molecule has 0 spiro atoms. The molecule has 0 saturated heterocycles. The molecule has 1 aromatic rings. The average molecular weight is 306 g/mol. The number of hydrogen-bond acceptors (Lipinski definition) is 5. The summed E-state index contributed by atoms with van der Waals surface area (Å²) in [6, 6.07) is 0. The molecule has 1 aromatic heterocycles. The Morgan fingerprint density at radius 2 is 1.77 bits per heavy atom. The highest BCUT2D eigenvalue weighted by atomic mass is 16.3. The maximum absolute atomic E-state index is 12.3. The maximum atomic E-state index is 12.3. The van der Waals surface area contributed by atoms with Gasteiger partial charge in [0.1, 0.15) is 0 Å². The number of amides is 1. The SMILES string of the molecule is CN(Cc1cnc(N(C)C)nc1)C(=O)CC1(O)CCCCC1. The zero-order valence-electron chi connectivity index (χ0n) is 13.7. The van der Waals surface area contributed by atoms with Crippen LogP contribution in [0.5, 0.6) is 0 Å². The Morgan fingerprint density at radius 3 is 2.32 bits per heavy atom. The van der Waals surface area contributed by atoms with E-state index in [9.17, 15) is 9.90 Å². The topological polar surface area (TPSA) is 69.6 Å². The monoisotopic (exact) mass is 306 g/mol. The number of anilines is 1. The summed E-state index contributed by atoms with van der Waals surface area (Å²) in [7, 11) is 5.53. The fourth-order valence-electron chi connectivity index (χ4n) is 2.83. The van der Waals surface area contributed by atoms with Crippen molar-refractivity contribution in [2.75, 3.05) is 26.0 Å². The van der Waals surface area contributed by atoms with Gasteiger partial charge in [0.2, 0.25) is 11.9 Å². The first-order valence-electron chi connectivity index (χ1n) is 7.84. The van der Waals surface area contributed by atoms with E-state index in [4.69, 9.17) is 0 Å². The van der Waals surface area contributed by atoms with Gasteiger partial charge in [0, 0.05) is 45.6 Å². The van der Waals surface area contributed by atoms with Crippen LogP contribution in [0.15, 0.2) is 12.4 Å². The predicted molar refractivity (Wildman–Crippen MR) is 85.5 cm³/mol. The second kappa shape index (κ2) is 7.05. The van der Waals surface area contributed by atoms with Gasteiger partial charge in [-0.1, -0.05) is 19.3 Å². The number of hydrogen-bond donors (Lipinski definition) is 1. The average Bonchev–Trinajstić information content (AvgIpc) is 2.48. The summed E-state index contributed by atoms with van der Waals surface area (Å²) in [4.78, 5) is 24.3. The van der Waals surface area contributed by atoms with Crippen molar-refractivity contribution in [3.63, 3.8) is 0 Å². The molecule has 22 heavy (non-hydrogen) atoms. The molecule has 0 aliphatic heterocycles. The number of aromatic nitrogens is 2. The number of rotatable bonds is 5. The normalized spacial score (nSPS) is 17.1. The minimum Gasteiger partial charge on any atom is -0.389 e. The van der Waals surface area contributed by atoms with Crippen molar-refractivity contribution in [2.45, 2.75) is 50.7 Å². The van der Waals surface area contributed by atoms with Gasteiger partial charge in [-0.3, -0.25) is 4.79 Å². The molecule has 0 unspecified atom stereocenters. The number of carbonyl (C=O) groups is 1. The van der Waals surface area contributed by atoms with Gasteiger partial charge in [0.05, 0.1) is 12.0 Å². The van der Waals surface area contributed by atoms with Crippen LogP contribution in [0.25, 0.3) is 0 Å². The minimum atomic E-state index is -0.811. The Morgan fingerprint density at radius 1 is 1.18 bits per heavy atom. The van der Waals surface area contributed by atoms with E-state index in [0.29, 0.717) is 12.5 Å². The van der Waals surface area contributed by atoms with Gasteiger partial charge in [0.25, 0.3) is 0 Å².